The van der Waals surface area contributed by atoms with Crippen LogP contribution in [0.1, 0.15) is 0 Å². The summed E-state index contributed by atoms with van der Waals surface area (Å²) in [6.45, 7) is 0.506. The van der Waals surface area contributed by atoms with Crippen molar-refractivity contribution in [3.8, 4) is 0 Å². The van der Waals surface area contributed by atoms with Gasteiger partial charge in [-0.15, -0.1) is 0 Å². The lowest BCUT2D eigenvalue weighted by Crippen LogP contribution is -2.41. The highest BCUT2D eigenvalue weighted by Gasteiger charge is 1.99. The molecule has 0 bridgehead atoms. The summed E-state index contributed by atoms with van der Waals surface area (Å²) in [5, 5.41) is 10.2. The minimum absolute atomic E-state index is 0.214. The van der Waals surface area contributed by atoms with Gasteiger partial charge in [0.1, 0.15) is 0 Å². The molecule has 0 saturated carbocycles. The Kier molecular flexibility index (Phi) is 3.74. The van der Waals surface area contributed by atoms with E-state index < -0.39 is 6.09 Å². The van der Waals surface area contributed by atoms with Crippen LogP contribution in [0.2, 0.25) is 0 Å². The number of carbonyl (C=O) groups is 1. The van der Waals surface area contributed by atoms with Crippen molar-refractivity contribution in [3.05, 3.63) is 0 Å². The second-order valence-electron chi connectivity index (χ2n) is 1.68. The Hall–Kier alpha value is -0.810. The molecule has 0 fully saturated rings. The molecule has 0 rings (SSSR count). The third-order valence-electron chi connectivity index (χ3n) is 0.818. The van der Waals surface area contributed by atoms with Crippen LogP contribution in [0.5, 0.6) is 0 Å². The molecule has 1 atom stereocenters. The first-order valence-electron chi connectivity index (χ1n) is 2.59. The maximum absolute atomic E-state index is 9.81. The monoisotopic (exact) mass is 133 g/mol. The Labute approximate surface area is 53.0 Å². The van der Waals surface area contributed by atoms with Gasteiger partial charge in [-0.3, -0.25) is 0 Å². The third-order valence-corrected chi connectivity index (χ3v) is 0.818. The standard InChI is InChI=1S/C4H11N3O2/c5-1-3(6)2-7-4(8)9/h3,7H,1-2,5-6H2,(H,8,9). The highest BCUT2D eigenvalue weighted by Crippen LogP contribution is 1.68. The van der Waals surface area contributed by atoms with Gasteiger partial charge in [0.05, 0.1) is 0 Å². The SMILES string of the molecule is NCC(N)CNC(=O)O. The summed E-state index contributed by atoms with van der Waals surface area (Å²) in [5.74, 6) is 0. The zero-order valence-corrected chi connectivity index (χ0v) is 5.00. The summed E-state index contributed by atoms with van der Waals surface area (Å²) in [6.07, 6.45) is -1.07. The van der Waals surface area contributed by atoms with E-state index in [1.54, 1.807) is 0 Å². The summed E-state index contributed by atoms with van der Waals surface area (Å²) >= 11 is 0. The molecule has 0 aliphatic heterocycles. The van der Waals surface area contributed by atoms with Crippen molar-refractivity contribution in [2.45, 2.75) is 6.04 Å². The molecule has 54 valence electrons. The van der Waals surface area contributed by atoms with Gasteiger partial charge in [-0.2, -0.15) is 0 Å². The summed E-state index contributed by atoms with van der Waals surface area (Å²) in [7, 11) is 0. The van der Waals surface area contributed by atoms with Gasteiger partial charge in [0, 0.05) is 19.1 Å². The summed E-state index contributed by atoms with van der Waals surface area (Å²) in [4.78, 5) is 9.81. The van der Waals surface area contributed by atoms with Crippen LogP contribution in [0.3, 0.4) is 0 Å². The molecule has 0 heterocycles. The van der Waals surface area contributed by atoms with Gasteiger partial charge >= 0.3 is 6.09 Å². The lowest BCUT2D eigenvalue weighted by molar-refractivity contribution is 0.194. The molecule has 0 aromatic heterocycles. The third kappa shape index (κ3) is 5.05. The molecule has 5 nitrogen and oxygen atoms in total. The van der Waals surface area contributed by atoms with E-state index in [2.05, 4.69) is 5.32 Å². The molecular weight excluding hydrogens is 122 g/mol. The van der Waals surface area contributed by atoms with E-state index >= 15 is 0 Å². The lowest BCUT2D eigenvalue weighted by Gasteiger charge is -2.06. The fourth-order valence-corrected chi connectivity index (χ4v) is 0.302. The predicted molar refractivity (Wildman–Crippen MR) is 33.1 cm³/mol. The van der Waals surface area contributed by atoms with Crippen LogP contribution in [0, 0.1) is 0 Å². The molecule has 1 unspecified atom stereocenters. The molecule has 0 saturated heterocycles. The van der Waals surface area contributed by atoms with Gasteiger partial charge in [-0.1, -0.05) is 0 Å². The van der Waals surface area contributed by atoms with Crippen LogP contribution in [0.25, 0.3) is 0 Å². The number of nitrogens with one attached hydrogen (secondary N) is 1. The molecule has 0 aliphatic carbocycles. The van der Waals surface area contributed by atoms with Gasteiger partial charge < -0.3 is 21.9 Å². The quantitative estimate of drug-likeness (QED) is 0.378. The van der Waals surface area contributed by atoms with Gasteiger partial charge in [0.25, 0.3) is 0 Å². The Morgan fingerprint density at radius 2 is 2.33 bits per heavy atom. The minimum atomic E-state index is -1.07. The van der Waals surface area contributed by atoms with Crippen molar-refractivity contribution in [2.75, 3.05) is 13.1 Å². The molecule has 0 aliphatic rings. The number of hydrogen-bond acceptors (Lipinski definition) is 3. The number of carboxylic acid groups (broad SMARTS) is 1. The lowest BCUT2D eigenvalue weighted by atomic mass is 10.3. The van der Waals surface area contributed by atoms with Gasteiger partial charge in [0.15, 0.2) is 0 Å². The largest absolute Gasteiger partial charge is 0.465 e. The average Bonchev–Trinajstić information content (AvgIpc) is 1.83. The van der Waals surface area contributed by atoms with Crippen LogP contribution in [0.15, 0.2) is 0 Å². The van der Waals surface area contributed by atoms with E-state index in [0.29, 0.717) is 6.54 Å². The zero-order chi connectivity index (χ0) is 7.28. The van der Waals surface area contributed by atoms with Crippen LogP contribution >= 0.6 is 0 Å². The topological polar surface area (TPSA) is 101 Å². The van der Waals surface area contributed by atoms with E-state index in [1.165, 1.54) is 0 Å². The summed E-state index contributed by atoms with van der Waals surface area (Å²) < 4.78 is 0. The molecule has 0 spiro atoms. The van der Waals surface area contributed by atoms with Crippen molar-refractivity contribution in [1.29, 1.82) is 0 Å². The first-order valence-corrected chi connectivity index (χ1v) is 2.59. The highest BCUT2D eigenvalue weighted by atomic mass is 16.4. The first kappa shape index (κ1) is 8.19. The maximum atomic E-state index is 9.81. The predicted octanol–water partition coefficient (Wildman–Crippen LogP) is -1.46. The number of rotatable bonds is 3. The molecule has 9 heavy (non-hydrogen) atoms. The van der Waals surface area contributed by atoms with Gasteiger partial charge in [-0.05, 0) is 0 Å². The molecule has 0 radical (unpaired) electrons. The van der Waals surface area contributed by atoms with Gasteiger partial charge in [0.2, 0.25) is 0 Å². The maximum Gasteiger partial charge on any atom is 0.404 e. The summed E-state index contributed by atoms with van der Waals surface area (Å²) in [5.41, 5.74) is 10.4. The van der Waals surface area contributed by atoms with Crippen molar-refractivity contribution in [3.63, 3.8) is 0 Å². The molecule has 5 heteroatoms. The number of amides is 1. The van der Waals surface area contributed by atoms with E-state index in [-0.39, 0.29) is 12.6 Å². The molecule has 0 aromatic carbocycles. The summed E-state index contributed by atoms with van der Waals surface area (Å²) in [6, 6.07) is -0.277. The second kappa shape index (κ2) is 4.11. The number of hydrogen-bond donors (Lipinski definition) is 4. The Morgan fingerprint density at radius 1 is 1.78 bits per heavy atom. The second-order valence-corrected chi connectivity index (χ2v) is 1.68. The molecule has 0 aromatic rings. The fourth-order valence-electron chi connectivity index (χ4n) is 0.302. The van der Waals surface area contributed by atoms with Crippen LogP contribution in [0.4, 0.5) is 4.79 Å². The highest BCUT2D eigenvalue weighted by molar-refractivity contribution is 5.64. The smallest absolute Gasteiger partial charge is 0.404 e. The van der Waals surface area contributed by atoms with E-state index in [4.69, 9.17) is 16.6 Å². The van der Waals surface area contributed by atoms with Crippen LogP contribution in [-0.4, -0.2) is 30.3 Å². The normalized spacial score (nSPS) is 12.7. The van der Waals surface area contributed by atoms with Crippen molar-refractivity contribution in [2.24, 2.45) is 11.5 Å². The van der Waals surface area contributed by atoms with E-state index in [0.717, 1.165) is 0 Å². The van der Waals surface area contributed by atoms with Crippen molar-refractivity contribution in [1.82, 2.24) is 5.32 Å². The fraction of sp³-hybridized carbons (Fsp3) is 0.750. The molecule has 1 amide bonds. The zero-order valence-electron chi connectivity index (χ0n) is 5.00. The molecule has 6 N–H and O–H groups in total. The van der Waals surface area contributed by atoms with Crippen molar-refractivity contribution >= 4 is 6.09 Å². The van der Waals surface area contributed by atoms with Crippen molar-refractivity contribution < 1.29 is 9.90 Å². The average molecular weight is 133 g/mol. The van der Waals surface area contributed by atoms with Gasteiger partial charge in [-0.25, -0.2) is 4.79 Å². The minimum Gasteiger partial charge on any atom is -0.465 e. The first-order chi connectivity index (χ1) is 4.16. The van der Waals surface area contributed by atoms with Crippen LogP contribution in [-0.2, 0) is 0 Å². The van der Waals surface area contributed by atoms with E-state index in [1.807, 2.05) is 0 Å². The molecular formula is C4H11N3O2. The Balaban J connectivity index is 3.16. The van der Waals surface area contributed by atoms with E-state index in [9.17, 15) is 4.79 Å². The Bertz CT molecular complexity index is 95.8. The Morgan fingerprint density at radius 3 is 2.67 bits per heavy atom. The van der Waals surface area contributed by atoms with Crippen LogP contribution < -0.4 is 16.8 Å². The number of nitrogens with two attached hydrogens (primary N) is 2.